The minimum atomic E-state index is -0.450. The van der Waals surface area contributed by atoms with Crippen molar-refractivity contribution in [3.8, 4) is 0 Å². The Morgan fingerprint density at radius 3 is 2.18 bits per heavy atom. The van der Waals surface area contributed by atoms with Crippen molar-refractivity contribution in [2.75, 3.05) is 13.2 Å². The van der Waals surface area contributed by atoms with Crippen molar-refractivity contribution in [2.24, 2.45) is 0 Å². The monoisotopic (exact) mass is 312 g/mol. The fourth-order valence-electron chi connectivity index (χ4n) is 2.34. The summed E-state index contributed by atoms with van der Waals surface area (Å²) in [6.07, 6.45) is 12.5. The first-order valence-corrected chi connectivity index (χ1v) is 8.61. The molecular weight excluding hydrogens is 280 g/mol. The molecule has 0 bridgehead atoms. The molecule has 0 unspecified atom stereocenters. The highest BCUT2D eigenvalue weighted by Crippen LogP contribution is 2.32. The van der Waals surface area contributed by atoms with Crippen LogP contribution in [0.1, 0.15) is 52.9 Å². The molecule has 0 aromatic carbocycles. The van der Waals surface area contributed by atoms with Crippen LogP contribution in [0.15, 0.2) is 24.3 Å². The highest BCUT2D eigenvalue weighted by atomic mass is 16.7. The van der Waals surface area contributed by atoms with Crippen molar-refractivity contribution in [3.05, 3.63) is 24.3 Å². The molecule has 22 heavy (non-hydrogen) atoms. The van der Waals surface area contributed by atoms with E-state index in [0.717, 1.165) is 19.3 Å². The molecule has 0 aliphatic carbocycles. The smallest absolute Gasteiger partial charge is 0.186 e. The predicted molar refractivity (Wildman–Crippen MR) is 88.7 cm³/mol. The van der Waals surface area contributed by atoms with Crippen LogP contribution in [0.4, 0.5) is 0 Å². The van der Waals surface area contributed by atoms with Crippen molar-refractivity contribution >= 4 is 0 Å². The van der Waals surface area contributed by atoms with Crippen LogP contribution >= 0.6 is 0 Å². The van der Waals surface area contributed by atoms with E-state index in [0.29, 0.717) is 19.6 Å². The Labute approximate surface area is 135 Å². The highest BCUT2D eigenvalue weighted by molar-refractivity contribution is 4.96. The molecule has 0 saturated carbocycles. The third-order valence-electron chi connectivity index (χ3n) is 3.56. The van der Waals surface area contributed by atoms with Gasteiger partial charge in [-0.15, -0.1) is 0 Å². The summed E-state index contributed by atoms with van der Waals surface area (Å²) in [5.74, 6) is 0. The number of rotatable bonds is 13. The van der Waals surface area contributed by atoms with Crippen LogP contribution in [-0.2, 0) is 14.2 Å². The van der Waals surface area contributed by atoms with E-state index in [9.17, 15) is 5.11 Å². The van der Waals surface area contributed by atoms with Crippen LogP contribution in [0.25, 0.3) is 0 Å². The molecule has 4 nitrogen and oxygen atoms in total. The molecule has 1 rings (SSSR count). The average Bonchev–Trinajstić information content (AvgIpc) is 3.30. The summed E-state index contributed by atoms with van der Waals surface area (Å²) in [7, 11) is 0. The largest absolute Gasteiger partial charge is 0.390 e. The maximum atomic E-state index is 10.1. The van der Waals surface area contributed by atoms with E-state index < -0.39 is 6.10 Å². The number of unbranched alkanes of at least 4 members (excludes halogenated alkanes) is 1. The van der Waals surface area contributed by atoms with Gasteiger partial charge in [0.2, 0.25) is 0 Å². The number of allylic oxidation sites excluding steroid dienone is 4. The molecule has 0 amide bonds. The van der Waals surface area contributed by atoms with Gasteiger partial charge in [-0.3, -0.25) is 0 Å². The Kier molecular flexibility index (Phi) is 10.4. The lowest BCUT2D eigenvalue weighted by atomic mass is 10.1. The molecule has 0 radical (unpaired) electrons. The zero-order valence-corrected chi connectivity index (χ0v) is 14.2. The summed E-state index contributed by atoms with van der Waals surface area (Å²) in [6.45, 7) is 7.21. The highest BCUT2D eigenvalue weighted by Gasteiger charge is 2.50. The lowest BCUT2D eigenvalue weighted by Crippen LogP contribution is -2.28. The second-order valence-corrected chi connectivity index (χ2v) is 5.46. The molecule has 1 aliphatic rings. The standard InChI is InChI=1S/C18H32O4/c1-4-7-8-9-10-11-12-13-14-15(19)16-17(22-16)18(20-5-2)21-6-3/h8-9,11-12,15-19H,4-7,10,13-14H2,1-3H3/b9-8+,12-11+/t15-,16-,17-/m1/s1. The van der Waals surface area contributed by atoms with Gasteiger partial charge in [0, 0.05) is 13.2 Å². The van der Waals surface area contributed by atoms with Crippen LogP contribution in [0.2, 0.25) is 0 Å². The van der Waals surface area contributed by atoms with Crippen molar-refractivity contribution in [1.29, 1.82) is 0 Å². The molecular formula is C18H32O4. The molecule has 4 heteroatoms. The van der Waals surface area contributed by atoms with Crippen molar-refractivity contribution in [3.63, 3.8) is 0 Å². The molecule has 0 aromatic heterocycles. The van der Waals surface area contributed by atoms with E-state index in [4.69, 9.17) is 14.2 Å². The summed E-state index contributed by atoms with van der Waals surface area (Å²) in [6, 6.07) is 0. The Morgan fingerprint density at radius 2 is 1.59 bits per heavy atom. The normalized spacial score (nSPS) is 23.0. The van der Waals surface area contributed by atoms with E-state index >= 15 is 0 Å². The summed E-state index contributed by atoms with van der Waals surface area (Å²) < 4.78 is 16.5. The van der Waals surface area contributed by atoms with Crippen LogP contribution in [-0.4, -0.2) is 42.9 Å². The van der Waals surface area contributed by atoms with Gasteiger partial charge in [-0.1, -0.05) is 37.6 Å². The fourth-order valence-corrected chi connectivity index (χ4v) is 2.34. The van der Waals surface area contributed by atoms with Gasteiger partial charge in [0.25, 0.3) is 0 Å². The van der Waals surface area contributed by atoms with E-state index in [1.165, 1.54) is 6.42 Å². The van der Waals surface area contributed by atoms with Crippen molar-refractivity contribution < 1.29 is 19.3 Å². The van der Waals surface area contributed by atoms with E-state index in [2.05, 4.69) is 31.2 Å². The first kappa shape index (κ1) is 19.4. The lowest BCUT2D eigenvalue weighted by Gasteiger charge is -2.15. The number of ether oxygens (including phenoxy) is 3. The van der Waals surface area contributed by atoms with Gasteiger partial charge in [0.15, 0.2) is 6.29 Å². The molecule has 3 atom stereocenters. The molecule has 1 heterocycles. The number of aliphatic hydroxyl groups excluding tert-OH is 1. The van der Waals surface area contributed by atoms with Crippen LogP contribution in [0, 0.1) is 0 Å². The third-order valence-corrected chi connectivity index (χ3v) is 3.56. The zero-order chi connectivity index (χ0) is 16.2. The van der Waals surface area contributed by atoms with Gasteiger partial charge in [-0.2, -0.15) is 0 Å². The summed E-state index contributed by atoms with van der Waals surface area (Å²) in [5.41, 5.74) is 0. The minimum absolute atomic E-state index is 0.129. The quantitative estimate of drug-likeness (QED) is 0.321. The summed E-state index contributed by atoms with van der Waals surface area (Å²) >= 11 is 0. The number of hydrogen-bond donors (Lipinski definition) is 1. The van der Waals surface area contributed by atoms with Gasteiger partial charge < -0.3 is 19.3 Å². The number of hydrogen-bond acceptors (Lipinski definition) is 4. The first-order chi connectivity index (χ1) is 10.7. The number of aliphatic hydroxyl groups is 1. The maximum absolute atomic E-state index is 10.1. The molecule has 1 fully saturated rings. The van der Waals surface area contributed by atoms with Crippen molar-refractivity contribution in [2.45, 2.75) is 77.5 Å². The average molecular weight is 312 g/mol. The molecule has 0 spiro atoms. The van der Waals surface area contributed by atoms with E-state index in [1.807, 2.05) is 13.8 Å². The zero-order valence-electron chi connectivity index (χ0n) is 14.2. The predicted octanol–water partition coefficient (Wildman–Crippen LogP) is 3.60. The Balaban J connectivity index is 2.16. The molecule has 0 aromatic rings. The van der Waals surface area contributed by atoms with E-state index in [-0.39, 0.29) is 18.5 Å². The SMILES string of the molecule is CCC/C=C/C/C=C/CC[C@@H](O)[C@H]1O[C@H]1C(OCC)OCC. The van der Waals surface area contributed by atoms with Crippen LogP contribution < -0.4 is 0 Å². The van der Waals surface area contributed by atoms with Gasteiger partial charge in [0.1, 0.15) is 12.2 Å². The van der Waals surface area contributed by atoms with Gasteiger partial charge in [-0.05, 0) is 39.5 Å². The fraction of sp³-hybridized carbons (Fsp3) is 0.778. The lowest BCUT2D eigenvalue weighted by molar-refractivity contribution is -0.147. The maximum Gasteiger partial charge on any atom is 0.186 e. The Morgan fingerprint density at radius 1 is 0.955 bits per heavy atom. The second kappa shape index (κ2) is 11.8. The van der Waals surface area contributed by atoms with Crippen LogP contribution in [0.5, 0.6) is 0 Å². The third kappa shape index (κ3) is 7.54. The van der Waals surface area contributed by atoms with Crippen molar-refractivity contribution in [1.82, 2.24) is 0 Å². The molecule has 1 saturated heterocycles. The Hall–Kier alpha value is -0.680. The summed E-state index contributed by atoms with van der Waals surface area (Å²) in [5, 5.41) is 10.1. The van der Waals surface area contributed by atoms with Gasteiger partial charge >= 0.3 is 0 Å². The second-order valence-electron chi connectivity index (χ2n) is 5.46. The molecule has 128 valence electrons. The summed E-state index contributed by atoms with van der Waals surface area (Å²) in [4.78, 5) is 0. The first-order valence-electron chi connectivity index (χ1n) is 8.61. The van der Waals surface area contributed by atoms with Gasteiger partial charge in [0.05, 0.1) is 6.10 Å². The van der Waals surface area contributed by atoms with Crippen LogP contribution in [0.3, 0.4) is 0 Å². The van der Waals surface area contributed by atoms with Gasteiger partial charge in [-0.25, -0.2) is 0 Å². The van der Waals surface area contributed by atoms with E-state index in [1.54, 1.807) is 0 Å². The molecule has 1 N–H and O–H groups in total. The minimum Gasteiger partial charge on any atom is -0.390 e. The molecule has 1 aliphatic heterocycles. The number of epoxide rings is 1. The topological polar surface area (TPSA) is 51.2 Å². The Bertz CT molecular complexity index is 321.